The lowest BCUT2D eigenvalue weighted by Gasteiger charge is -2.22. The summed E-state index contributed by atoms with van der Waals surface area (Å²) < 4.78 is 27.1. The molecule has 0 saturated carbocycles. The van der Waals surface area contributed by atoms with Crippen LogP contribution in [0.25, 0.3) is 21.2 Å². The predicted molar refractivity (Wildman–Crippen MR) is 128 cm³/mol. The van der Waals surface area contributed by atoms with E-state index in [1.54, 1.807) is 49.6 Å². The van der Waals surface area contributed by atoms with Gasteiger partial charge in [0, 0.05) is 5.56 Å². The topological polar surface area (TPSA) is 72.6 Å². The van der Waals surface area contributed by atoms with Gasteiger partial charge in [-0.2, -0.15) is 0 Å². The largest absolute Gasteiger partial charge is 0.497 e. The molecule has 0 radical (unpaired) electrons. The Morgan fingerprint density at radius 2 is 1.91 bits per heavy atom. The van der Waals surface area contributed by atoms with Crippen molar-refractivity contribution < 1.29 is 18.3 Å². The van der Waals surface area contributed by atoms with Crippen molar-refractivity contribution in [3.63, 3.8) is 0 Å². The van der Waals surface area contributed by atoms with Gasteiger partial charge >= 0.3 is 0 Å². The van der Waals surface area contributed by atoms with Crippen LogP contribution >= 0.6 is 11.3 Å². The number of ether oxygens (including phenoxy) is 1. The number of rotatable bonds is 3. The molecule has 6 rings (SSSR count). The summed E-state index contributed by atoms with van der Waals surface area (Å²) in [6.45, 7) is 1.87. The van der Waals surface area contributed by atoms with Crippen molar-refractivity contribution in [2.45, 2.75) is 13.0 Å². The summed E-state index contributed by atoms with van der Waals surface area (Å²) in [5.74, 6) is -0.493. The van der Waals surface area contributed by atoms with Gasteiger partial charge in [-0.25, -0.2) is 9.37 Å². The van der Waals surface area contributed by atoms with Gasteiger partial charge in [-0.15, -0.1) is 0 Å². The van der Waals surface area contributed by atoms with Gasteiger partial charge in [-0.1, -0.05) is 41.2 Å². The lowest BCUT2D eigenvalue weighted by Crippen LogP contribution is -2.30. The number of carbonyl (C=O) groups excluding carboxylic acids is 1. The number of halogens is 1. The fraction of sp³-hybridized carbons (Fsp3) is 0.115. The molecule has 6 nitrogen and oxygen atoms in total. The summed E-state index contributed by atoms with van der Waals surface area (Å²) in [5, 5.41) is 0.691. The van der Waals surface area contributed by atoms with E-state index >= 15 is 4.39 Å². The van der Waals surface area contributed by atoms with Gasteiger partial charge in [0.15, 0.2) is 10.6 Å². The van der Waals surface area contributed by atoms with E-state index in [1.165, 1.54) is 22.3 Å². The number of benzene rings is 3. The smallest absolute Gasteiger partial charge is 0.297 e. The number of amides is 1. The van der Waals surface area contributed by atoms with Crippen molar-refractivity contribution in [3.05, 3.63) is 99.2 Å². The Hall–Kier alpha value is -4.04. The summed E-state index contributed by atoms with van der Waals surface area (Å²) in [5.41, 5.74) is 1.81. The molecule has 0 fully saturated rings. The zero-order valence-electron chi connectivity index (χ0n) is 18.2. The molecule has 1 amide bonds. The van der Waals surface area contributed by atoms with Crippen LogP contribution in [-0.2, 0) is 0 Å². The quantitative estimate of drug-likeness (QED) is 0.341. The van der Waals surface area contributed by atoms with Crippen LogP contribution in [0, 0.1) is 12.7 Å². The van der Waals surface area contributed by atoms with Gasteiger partial charge < -0.3 is 9.15 Å². The van der Waals surface area contributed by atoms with Crippen molar-refractivity contribution in [2.75, 3.05) is 12.0 Å². The standard InChI is InChI=1S/C26H17FN2O4S/c1-13-7-10-19-16(11-13)23(30)21-22(15-5-3-4-6-17(15)27)29(25(31)24(21)33-19)26-28-18-9-8-14(32-2)12-20(18)34-26/h3-12,22H,1-2H3. The van der Waals surface area contributed by atoms with Crippen molar-refractivity contribution in [1.82, 2.24) is 4.98 Å². The second-order valence-corrected chi connectivity index (χ2v) is 9.11. The summed E-state index contributed by atoms with van der Waals surface area (Å²) in [6, 6.07) is 15.7. The molecular weight excluding hydrogens is 455 g/mol. The number of fused-ring (bicyclic) bond motifs is 3. The van der Waals surface area contributed by atoms with Gasteiger partial charge in [0.1, 0.15) is 23.2 Å². The minimum Gasteiger partial charge on any atom is -0.497 e. The molecule has 34 heavy (non-hydrogen) atoms. The second-order valence-electron chi connectivity index (χ2n) is 8.10. The highest BCUT2D eigenvalue weighted by Crippen LogP contribution is 2.44. The number of anilines is 1. The molecule has 0 spiro atoms. The van der Waals surface area contributed by atoms with E-state index in [4.69, 9.17) is 9.15 Å². The van der Waals surface area contributed by atoms with Crippen LogP contribution in [0.3, 0.4) is 0 Å². The van der Waals surface area contributed by atoms with Gasteiger partial charge in [0.05, 0.1) is 28.3 Å². The summed E-state index contributed by atoms with van der Waals surface area (Å²) in [7, 11) is 1.57. The van der Waals surface area contributed by atoms with Crippen LogP contribution in [0.5, 0.6) is 5.75 Å². The number of aromatic nitrogens is 1. The molecule has 1 atom stereocenters. The van der Waals surface area contributed by atoms with Gasteiger partial charge in [0.2, 0.25) is 5.76 Å². The van der Waals surface area contributed by atoms with E-state index in [9.17, 15) is 9.59 Å². The van der Waals surface area contributed by atoms with Gasteiger partial charge in [0.25, 0.3) is 5.91 Å². The third kappa shape index (κ3) is 2.95. The Bertz CT molecular complexity index is 1690. The Kier molecular flexibility index (Phi) is 4.53. The Morgan fingerprint density at radius 3 is 2.71 bits per heavy atom. The van der Waals surface area contributed by atoms with E-state index in [0.717, 1.165) is 10.3 Å². The van der Waals surface area contributed by atoms with Crippen molar-refractivity contribution in [2.24, 2.45) is 0 Å². The lowest BCUT2D eigenvalue weighted by molar-refractivity contribution is 0.0971. The first-order valence-electron chi connectivity index (χ1n) is 10.6. The zero-order chi connectivity index (χ0) is 23.6. The monoisotopic (exact) mass is 472 g/mol. The first-order valence-corrected chi connectivity index (χ1v) is 11.4. The van der Waals surface area contributed by atoms with E-state index in [0.29, 0.717) is 27.4 Å². The maximum absolute atomic E-state index is 15.1. The highest BCUT2D eigenvalue weighted by molar-refractivity contribution is 7.22. The van der Waals surface area contributed by atoms with Crippen LogP contribution in [-0.4, -0.2) is 18.0 Å². The van der Waals surface area contributed by atoms with E-state index < -0.39 is 17.8 Å². The van der Waals surface area contributed by atoms with Crippen LogP contribution in [0.1, 0.15) is 33.3 Å². The van der Waals surface area contributed by atoms with Crippen LogP contribution < -0.4 is 15.1 Å². The minimum atomic E-state index is -1.01. The minimum absolute atomic E-state index is 0.0913. The van der Waals surface area contributed by atoms with Crippen molar-refractivity contribution >= 4 is 43.6 Å². The molecule has 3 aromatic carbocycles. The van der Waals surface area contributed by atoms with Crippen LogP contribution in [0.2, 0.25) is 0 Å². The Morgan fingerprint density at radius 1 is 1.09 bits per heavy atom. The normalized spacial score (nSPS) is 15.3. The number of aryl methyl sites for hydroxylation is 1. The molecule has 0 bridgehead atoms. The fourth-order valence-corrected chi connectivity index (χ4v) is 5.42. The Labute approximate surface area is 196 Å². The molecular formula is C26H17FN2O4S. The molecule has 1 unspecified atom stereocenters. The van der Waals surface area contributed by atoms with Crippen LogP contribution in [0.4, 0.5) is 9.52 Å². The number of nitrogens with zero attached hydrogens (tertiary/aromatic N) is 2. The first kappa shape index (κ1) is 20.6. The first-order chi connectivity index (χ1) is 16.5. The summed E-state index contributed by atoms with van der Waals surface area (Å²) in [4.78, 5) is 33.3. The molecule has 1 aliphatic heterocycles. The fourth-order valence-electron chi connectivity index (χ4n) is 4.40. The third-order valence-electron chi connectivity index (χ3n) is 6.02. The molecule has 168 valence electrons. The number of hydrogen-bond donors (Lipinski definition) is 0. The van der Waals surface area contributed by atoms with Crippen molar-refractivity contribution in [1.29, 1.82) is 0 Å². The third-order valence-corrected chi connectivity index (χ3v) is 7.03. The molecule has 2 aromatic heterocycles. The van der Waals surface area contributed by atoms with Gasteiger partial charge in [-0.3, -0.25) is 14.5 Å². The highest BCUT2D eigenvalue weighted by atomic mass is 32.1. The molecule has 1 aliphatic rings. The maximum atomic E-state index is 15.1. The number of hydrogen-bond acceptors (Lipinski definition) is 6. The van der Waals surface area contributed by atoms with Crippen molar-refractivity contribution in [3.8, 4) is 5.75 Å². The summed E-state index contributed by atoms with van der Waals surface area (Å²) in [6.07, 6.45) is 0. The SMILES string of the molecule is COc1ccc2nc(N3C(=O)c4oc5ccc(C)cc5c(=O)c4C3c3ccccc3F)sc2c1. The maximum Gasteiger partial charge on any atom is 0.297 e. The summed E-state index contributed by atoms with van der Waals surface area (Å²) >= 11 is 1.26. The molecule has 0 N–H and O–H groups in total. The molecule has 0 aliphatic carbocycles. The van der Waals surface area contributed by atoms with E-state index in [1.807, 2.05) is 19.1 Å². The lowest BCUT2D eigenvalue weighted by atomic mass is 9.98. The molecule has 8 heteroatoms. The highest BCUT2D eigenvalue weighted by Gasteiger charge is 2.45. The molecule has 0 saturated heterocycles. The molecule has 5 aromatic rings. The Balaban J connectivity index is 1.64. The molecule has 3 heterocycles. The van der Waals surface area contributed by atoms with Gasteiger partial charge in [-0.05, 0) is 43.3 Å². The van der Waals surface area contributed by atoms with E-state index in [-0.39, 0.29) is 22.3 Å². The van der Waals surface area contributed by atoms with Crippen LogP contribution in [0.15, 0.2) is 69.9 Å². The predicted octanol–water partition coefficient (Wildman–Crippen LogP) is 5.61. The average Bonchev–Trinajstić information content (AvgIpc) is 3.38. The zero-order valence-corrected chi connectivity index (χ0v) is 19.0. The average molecular weight is 472 g/mol. The number of carbonyl (C=O) groups is 1. The van der Waals surface area contributed by atoms with E-state index in [2.05, 4.69) is 4.98 Å². The second kappa shape index (κ2) is 7.50. The number of methoxy groups -OCH3 is 1. The number of thiazole rings is 1.